The molecule has 0 atom stereocenters. The van der Waals surface area contributed by atoms with Gasteiger partial charge in [0, 0.05) is 38.5 Å². The molecule has 0 bridgehead atoms. The molecule has 3 aliphatic heterocycles. The Balaban J connectivity index is 1.47. The Morgan fingerprint density at radius 3 is 0.978 bits per heavy atom. The number of amides is 6. The van der Waals surface area contributed by atoms with E-state index in [4.69, 9.17) is 28.7 Å². The van der Waals surface area contributed by atoms with Crippen molar-refractivity contribution >= 4 is 53.4 Å². The summed E-state index contributed by atoms with van der Waals surface area (Å²) in [6, 6.07) is 0. The minimum atomic E-state index is -1.31. The molecule has 3 saturated heterocycles. The fraction of sp³-hybridized carbons (Fsp3) is 0.654. The van der Waals surface area contributed by atoms with Gasteiger partial charge in [0.2, 0.25) is 0 Å². The van der Waals surface area contributed by atoms with Crippen molar-refractivity contribution in [2.75, 3.05) is 46.2 Å². The van der Waals surface area contributed by atoms with Crippen LogP contribution < -0.4 is 0 Å². The van der Waals surface area contributed by atoms with E-state index in [1.165, 1.54) is 0 Å². The number of carbonyl (C=O) groups is 9. The largest absolute Gasteiger partial charge is 0.396 e. The van der Waals surface area contributed by atoms with Crippen LogP contribution in [0.15, 0.2) is 0 Å². The van der Waals surface area contributed by atoms with Crippen molar-refractivity contribution in [3.63, 3.8) is 0 Å². The van der Waals surface area contributed by atoms with Crippen molar-refractivity contribution in [2.24, 2.45) is 5.41 Å². The molecule has 3 aliphatic rings. The third kappa shape index (κ3) is 10.4. The minimum Gasteiger partial charge on any atom is -0.396 e. The smallest absolute Gasteiger partial charge is 0.335 e. The van der Waals surface area contributed by atoms with Crippen LogP contribution in [0.5, 0.6) is 0 Å². The number of ether oxygens (including phenoxy) is 3. The second kappa shape index (κ2) is 16.7. The summed E-state index contributed by atoms with van der Waals surface area (Å²) in [5, 5.41) is 11.4. The van der Waals surface area contributed by atoms with Gasteiger partial charge in [-0.15, -0.1) is 15.2 Å². The summed E-state index contributed by atoms with van der Waals surface area (Å²) in [6.07, 6.45) is -1.50. The van der Waals surface area contributed by atoms with Gasteiger partial charge in [-0.3, -0.25) is 28.8 Å². The average molecular weight is 644 g/mol. The highest BCUT2D eigenvalue weighted by molar-refractivity contribution is 6.02. The maximum absolute atomic E-state index is 12.0. The summed E-state index contributed by atoms with van der Waals surface area (Å²) >= 11 is 0. The molecule has 19 heteroatoms. The fourth-order valence-electron chi connectivity index (χ4n) is 4.01. The van der Waals surface area contributed by atoms with E-state index < -0.39 is 65.4 Å². The topological polar surface area (TPSA) is 239 Å². The molecule has 0 aromatic carbocycles. The number of carbonyl (C=O) groups excluding carboxylic acids is 9. The van der Waals surface area contributed by atoms with Crippen molar-refractivity contribution in [1.82, 2.24) is 15.2 Å². The monoisotopic (exact) mass is 643 g/mol. The number of imide groups is 3. The number of hydroxylamine groups is 6. The van der Waals surface area contributed by atoms with E-state index in [1.807, 2.05) is 0 Å². The first-order valence-corrected chi connectivity index (χ1v) is 14.0. The van der Waals surface area contributed by atoms with Gasteiger partial charge >= 0.3 is 17.9 Å². The summed E-state index contributed by atoms with van der Waals surface area (Å²) in [5.41, 5.74) is -1.31. The second-order valence-electron chi connectivity index (χ2n) is 10.2. The number of nitrogens with zero attached hydrogens (tertiary/aromatic N) is 3. The molecule has 6 amide bonds. The molecular weight excluding hydrogens is 610 g/mol. The zero-order valence-corrected chi connectivity index (χ0v) is 24.2. The normalized spacial score (nSPS) is 17.1. The van der Waals surface area contributed by atoms with Gasteiger partial charge in [0.25, 0.3) is 35.4 Å². The first-order chi connectivity index (χ1) is 21.4. The van der Waals surface area contributed by atoms with Crippen molar-refractivity contribution < 1.29 is 77.0 Å². The van der Waals surface area contributed by atoms with Crippen molar-refractivity contribution in [3.8, 4) is 0 Å². The molecule has 248 valence electrons. The highest BCUT2D eigenvalue weighted by Gasteiger charge is 2.36. The lowest BCUT2D eigenvalue weighted by molar-refractivity contribution is -0.199. The molecule has 0 saturated carbocycles. The van der Waals surface area contributed by atoms with E-state index in [1.54, 1.807) is 0 Å². The predicted octanol–water partition coefficient (Wildman–Crippen LogP) is -1.99. The first kappa shape index (κ1) is 35.2. The fourth-order valence-corrected chi connectivity index (χ4v) is 4.01. The van der Waals surface area contributed by atoms with E-state index in [2.05, 4.69) is 0 Å². The molecule has 0 aromatic rings. The van der Waals surface area contributed by atoms with Crippen LogP contribution in [0.4, 0.5) is 0 Å². The zero-order valence-electron chi connectivity index (χ0n) is 24.2. The Bertz CT molecular complexity index is 1010. The van der Waals surface area contributed by atoms with Gasteiger partial charge in [0.15, 0.2) is 0 Å². The molecule has 0 unspecified atom stereocenters. The highest BCUT2D eigenvalue weighted by Crippen LogP contribution is 2.21. The summed E-state index contributed by atoms with van der Waals surface area (Å²) < 4.78 is 16.5. The van der Waals surface area contributed by atoms with Crippen LogP contribution in [0.2, 0.25) is 0 Å². The third-order valence-corrected chi connectivity index (χ3v) is 6.51. The maximum Gasteiger partial charge on any atom is 0.335 e. The van der Waals surface area contributed by atoms with E-state index in [-0.39, 0.29) is 97.4 Å². The van der Waals surface area contributed by atoms with Crippen LogP contribution in [0, 0.1) is 5.41 Å². The van der Waals surface area contributed by atoms with E-state index in [0.29, 0.717) is 15.2 Å². The average Bonchev–Trinajstić information content (AvgIpc) is 3.62. The quantitative estimate of drug-likeness (QED) is 0.118. The highest BCUT2D eigenvalue weighted by atomic mass is 16.7. The second-order valence-corrected chi connectivity index (χ2v) is 10.2. The van der Waals surface area contributed by atoms with Crippen LogP contribution in [-0.4, -0.2) is 120 Å². The summed E-state index contributed by atoms with van der Waals surface area (Å²) in [5.74, 6) is -6.62. The van der Waals surface area contributed by atoms with Gasteiger partial charge < -0.3 is 33.8 Å². The molecule has 3 heterocycles. The van der Waals surface area contributed by atoms with Crippen LogP contribution in [0.25, 0.3) is 0 Å². The van der Waals surface area contributed by atoms with Gasteiger partial charge in [0.1, 0.15) is 0 Å². The molecule has 45 heavy (non-hydrogen) atoms. The molecule has 0 aromatic heterocycles. The first-order valence-electron chi connectivity index (χ1n) is 14.0. The molecule has 19 nitrogen and oxygen atoms in total. The van der Waals surface area contributed by atoms with E-state index in [0.717, 1.165) is 0 Å². The Morgan fingerprint density at radius 1 is 0.511 bits per heavy atom. The lowest BCUT2D eigenvalue weighted by Gasteiger charge is -2.31. The molecule has 0 aliphatic carbocycles. The summed E-state index contributed by atoms with van der Waals surface area (Å²) in [4.78, 5) is 120. The Kier molecular flexibility index (Phi) is 13.0. The molecule has 0 radical (unpaired) electrons. The maximum atomic E-state index is 12.0. The lowest BCUT2D eigenvalue weighted by atomic mass is 9.92. The molecule has 1 N–H and O–H groups in total. The predicted molar refractivity (Wildman–Crippen MR) is 137 cm³/mol. The van der Waals surface area contributed by atoms with Crippen LogP contribution in [0.3, 0.4) is 0 Å². The lowest BCUT2D eigenvalue weighted by Crippen LogP contribution is -2.41. The Labute approximate surface area is 255 Å². The summed E-state index contributed by atoms with van der Waals surface area (Å²) in [7, 11) is 0. The van der Waals surface area contributed by atoms with Crippen LogP contribution >= 0.6 is 0 Å². The number of rotatable bonds is 19. The zero-order chi connectivity index (χ0) is 33.0. The van der Waals surface area contributed by atoms with Crippen LogP contribution in [0.1, 0.15) is 57.8 Å². The van der Waals surface area contributed by atoms with Gasteiger partial charge in [-0.25, -0.2) is 14.4 Å². The van der Waals surface area contributed by atoms with Crippen molar-refractivity contribution in [1.29, 1.82) is 0 Å². The number of aliphatic hydroxyl groups is 1. The SMILES string of the molecule is O=C(CCOCC(CO)(COCCC(=O)ON1C(=O)CCC1=O)COCCC(=O)ON1C(=O)CCC1=O)ON1C(=O)CCC1=O. The van der Waals surface area contributed by atoms with Gasteiger partial charge in [-0.05, 0) is 0 Å². The Hall–Kier alpha value is -4.33. The number of hydrogen-bond acceptors (Lipinski definition) is 16. The van der Waals surface area contributed by atoms with E-state index in [9.17, 15) is 48.3 Å². The van der Waals surface area contributed by atoms with Gasteiger partial charge in [-0.2, -0.15) is 0 Å². The molecular formula is C26H33N3O16. The third-order valence-electron chi connectivity index (χ3n) is 6.51. The van der Waals surface area contributed by atoms with Crippen molar-refractivity contribution in [3.05, 3.63) is 0 Å². The van der Waals surface area contributed by atoms with E-state index >= 15 is 0 Å². The van der Waals surface area contributed by atoms with Crippen LogP contribution in [-0.2, 0) is 71.9 Å². The van der Waals surface area contributed by atoms with Crippen molar-refractivity contribution in [2.45, 2.75) is 57.8 Å². The van der Waals surface area contributed by atoms with Gasteiger partial charge in [-0.1, -0.05) is 0 Å². The molecule has 3 rings (SSSR count). The minimum absolute atomic E-state index is 0.0694. The molecule has 0 spiro atoms. The summed E-state index contributed by atoms with van der Waals surface area (Å²) in [6.45, 7) is -2.21. The standard InChI is InChI=1S/C26H33N3O16/c30-13-26(14-40-10-7-23(37)43-27-17(31)1-2-18(27)32,15-41-11-8-24(38)44-28-19(33)3-4-20(28)34)16-42-12-9-25(39)45-29-21(35)5-6-22(29)36/h30H,1-16H2. The number of aliphatic hydroxyl groups excluding tert-OH is 1. The van der Waals surface area contributed by atoms with Gasteiger partial charge in [0.05, 0.1) is 70.9 Å². The molecule has 3 fully saturated rings. The number of hydrogen-bond donors (Lipinski definition) is 1. The Morgan fingerprint density at radius 2 is 0.756 bits per heavy atom.